The molecule has 3 aromatic heterocycles. The molecule has 11 rings (SSSR count). The predicted octanol–water partition coefficient (Wildman–Crippen LogP) is 12.5. The maximum Gasteiger partial charge on any atom is 0.167 e. The van der Waals surface area contributed by atoms with Crippen molar-refractivity contribution in [3.05, 3.63) is 175 Å². The second-order valence-corrected chi connectivity index (χ2v) is 13.9. The molecular formula is C49H32N4O. The second-order valence-electron chi connectivity index (χ2n) is 13.9. The molecule has 5 heteroatoms. The predicted molar refractivity (Wildman–Crippen MR) is 221 cm³/mol. The maximum atomic E-state index is 6.84. The third-order valence-electron chi connectivity index (χ3n) is 10.7. The Morgan fingerprint density at radius 3 is 2.02 bits per heavy atom. The highest BCUT2D eigenvalue weighted by molar-refractivity contribution is 6.14. The van der Waals surface area contributed by atoms with Gasteiger partial charge in [0.2, 0.25) is 0 Å². The normalized spacial score (nSPS) is 12.6. The Morgan fingerprint density at radius 1 is 0.519 bits per heavy atom. The lowest BCUT2D eigenvalue weighted by atomic mass is 10.0. The summed E-state index contributed by atoms with van der Waals surface area (Å²) >= 11 is 0. The number of furan rings is 1. The first-order chi connectivity index (χ1) is 26.8. The molecule has 3 heterocycles. The average molecular weight is 693 g/mol. The summed E-state index contributed by atoms with van der Waals surface area (Å²) < 4.78 is 9.31. The van der Waals surface area contributed by atoms with Crippen LogP contribution in [-0.2, 0) is 6.42 Å². The van der Waals surface area contributed by atoms with Gasteiger partial charge in [-0.25, -0.2) is 15.0 Å². The molecule has 0 fully saturated rings. The standard InChI is InChI=1S/C49H32N4O/c1-3-14-31(15-4-1)33-20-11-21-36(28-33)48-50-47(32-16-5-2-6-17-32)51-49(52-48)39-24-12-23-38-45-42(26-13-27-44(45)54-46(38)39)53-41-25-10-9-22-37(41)40-29-34-18-7-8-19-35(34)30-43(40)53/h1-9,11-24,26-30H,10,25H2. The van der Waals surface area contributed by atoms with Crippen LogP contribution in [0.4, 0.5) is 0 Å². The van der Waals surface area contributed by atoms with Crippen LogP contribution in [0.2, 0.25) is 0 Å². The van der Waals surface area contributed by atoms with Crippen molar-refractivity contribution in [2.24, 2.45) is 0 Å². The van der Waals surface area contributed by atoms with Crippen molar-refractivity contribution in [3.8, 4) is 51.0 Å². The Hall–Kier alpha value is -7.11. The van der Waals surface area contributed by atoms with E-state index in [0.29, 0.717) is 17.5 Å². The monoisotopic (exact) mass is 692 g/mol. The highest BCUT2D eigenvalue weighted by atomic mass is 16.3. The number of aromatic nitrogens is 4. The van der Waals surface area contributed by atoms with E-state index >= 15 is 0 Å². The van der Waals surface area contributed by atoms with E-state index in [2.05, 4.69) is 138 Å². The van der Waals surface area contributed by atoms with E-state index in [4.69, 9.17) is 19.4 Å². The van der Waals surface area contributed by atoms with E-state index in [-0.39, 0.29) is 0 Å². The Labute approximate surface area is 311 Å². The minimum absolute atomic E-state index is 0.565. The van der Waals surface area contributed by atoms with Gasteiger partial charge in [-0.2, -0.15) is 0 Å². The largest absolute Gasteiger partial charge is 0.455 e. The molecule has 0 saturated heterocycles. The molecule has 0 radical (unpaired) electrons. The third kappa shape index (κ3) is 4.90. The second kappa shape index (κ2) is 12.2. The quantitative estimate of drug-likeness (QED) is 0.180. The zero-order valence-corrected chi connectivity index (χ0v) is 29.3. The number of hydrogen-bond donors (Lipinski definition) is 0. The lowest BCUT2D eigenvalue weighted by Gasteiger charge is -2.14. The van der Waals surface area contributed by atoms with Gasteiger partial charge in [0.25, 0.3) is 0 Å². The van der Waals surface area contributed by atoms with Gasteiger partial charge in [0.15, 0.2) is 17.5 Å². The average Bonchev–Trinajstić information content (AvgIpc) is 3.79. The summed E-state index contributed by atoms with van der Waals surface area (Å²) in [6.07, 6.45) is 6.58. The highest BCUT2D eigenvalue weighted by Crippen LogP contribution is 2.42. The lowest BCUT2D eigenvalue weighted by molar-refractivity contribution is 0.669. The van der Waals surface area contributed by atoms with Gasteiger partial charge in [0.1, 0.15) is 11.2 Å². The number of rotatable bonds is 5. The van der Waals surface area contributed by atoms with Crippen molar-refractivity contribution in [3.63, 3.8) is 0 Å². The molecule has 0 aliphatic heterocycles. The zero-order valence-electron chi connectivity index (χ0n) is 29.3. The van der Waals surface area contributed by atoms with Crippen molar-refractivity contribution in [2.75, 3.05) is 0 Å². The Bertz CT molecular complexity index is 3100. The molecular weight excluding hydrogens is 661 g/mol. The first-order valence-corrected chi connectivity index (χ1v) is 18.4. The minimum atomic E-state index is 0.565. The van der Waals surface area contributed by atoms with Gasteiger partial charge in [-0.15, -0.1) is 0 Å². The van der Waals surface area contributed by atoms with Gasteiger partial charge >= 0.3 is 0 Å². The van der Waals surface area contributed by atoms with Crippen molar-refractivity contribution in [1.29, 1.82) is 0 Å². The fourth-order valence-electron chi connectivity index (χ4n) is 8.18. The minimum Gasteiger partial charge on any atom is -0.455 e. The van der Waals surface area contributed by atoms with E-state index in [1.54, 1.807) is 0 Å². The van der Waals surface area contributed by atoms with Crippen LogP contribution in [0.3, 0.4) is 0 Å². The molecule has 10 aromatic rings. The van der Waals surface area contributed by atoms with Crippen LogP contribution < -0.4 is 0 Å². The van der Waals surface area contributed by atoms with Crippen LogP contribution >= 0.6 is 0 Å². The number of nitrogens with zero attached hydrogens (tertiary/aromatic N) is 4. The van der Waals surface area contributed by atoms with Crippen molar-refractivity contribution in [1.82, 2.24) is 19.5 Å². The summed E-state index contributed by atoms with van der Waals surface area (Å²) in [4.78, 5) is 15.3. The first-order valence-electron chi connectivity index (χ1n) is 18.4. The summed E-state index contributed by atoms with van der Waals surface area (Å²) in [5.41, 5.74) is 11.4. The van der Waals surface area contributed by atoms with Crippen LogP contribution in [0.15, 0.2) is 168 Å². The molecule has 54 heavy (non-hydrogen) atoms. The van der Waals surface area contributed by atoms with Gasteiger partial charge in [-0.3, -0.25) is 0 Å². The molecule has 0 unspecified atom stereocenters. The summed E-state index contributed by atoms with van der Waals surface area (Å²) in [5.74, 6) is 1.78. The zero-order chi connectivity index (χ0) is 35.6. The topological polar surface area (TPSA) is 56.7 Å². The van der Waals surface area contributed by atoms with E-state index in [9.17, 15) is 0 Å². The maximum absolute atomic E-state index is 6.84. The summed E-state index contributed by atoms with van der Waals surface area (Å²) in [5, 5.41) is 5.84. The smallest absolute Gasteiger partial charge is 0.167 e. The lowest BCUT2D eigenvalue weighted by Crippen LogP contribution is -2.03. The van der Waals surface area contributed by atoms with E-state index in [1.165, 1.54) is 32.9 Å². The van der Waals surface area contributed by atoms with Crippen LogP contribution in [-0.4, -0.2) is 19.5 Å². The molecule has 0 saturated carbocycles. The molecule has 5 nitrogen and oxygen atoms in total. The van der Waals surface area contributed by atoms with Gasteiger partial charge in [-0.1, -0.05) is 133 Å². The van der Waals surface area contributed by atoms with Gasteiger partial charge in [0, 0.05) is 33.2 Å². The first kappa shape index (κ1) is 30.5. The van der Waals surface area contributed by atoms with Gasteiger partial charge < -0.3 is 8.98 Å². The molecule has 0 atom stereocenters. The molecule has 0 N–H and O–H groups in total. The van der Waals surface area contributed by atoms with E-state index in [0.717, 1.165) is 68.3 Å². The number of allylic oxidation sites excluding steroid dienone is 1. The SMILES string of the molecule is C1=Cc2c(n(-c3cccc4oc5c(-c6nc(-c7ccccc7)nc(-c7cccc(-c8ccccc8)c7)n6)cccc5c34)c3cc4ccccc4cc23)CC1. The molecule has 7 aromatic carbocycles. The third-order valence-corrected chi connectivity index (χ3v) is 10.7. The van der Waals surface area contributed by atoms with Crippen LogP contribution in [0.25, 0.3) is 101 Å². The number of para-hydroxylation sites is 1. The van der Waals surface area contributed by atoms with Crippen molar-refractivity contribution < 1.29 is 4.42 Å². The van der Waals surface area contributed by atoms with E-state index < -0.39 is 0 Å². The fourth-order valence-corrected chi connectivity index (χ4v) is 8.18. The molecule has 0 spiro atoms. The van der Waals surface area contributed by atoms with Crippen molar-refractivity contribution in [2.45, 2.75) is 12.8 Å². The number of hydrogen-bond acceptors (Lipinski definition) is 4. The summed E-state index contributed by atoms with van der Waals surface area (Å²) in [7, 11) is 0. The Morgan fingerprint density at radius 2 is 1.19 bits per heavy atom. The molecule has 1 aliphatic rings. The van der Waals surface area contributed by atoms with Gasteiger partial charge in [0.05, 0.1) is 22.2 Å². The van der Waals surface area contributed by atoms with Crippen LogP contribution in [0.5, 0.6) is 0 Å². The van der Waals surface area contributed by atoms with Gasteiger partial charge in [-0.05, 0) is 71.1 Å². The number of benzene rings is 7. The summed E-state index contributed by atoms with van der Waals surface area (Å²) in [6.45, 7) is 0. The van der Waals surface area contributed by atoms with E-state index in [1.807, 2.05) is 36.4 Å². The number of fused-ring (bicyclic) bond motifs is 7. The molecule has 0 amide bonds. The Balaban J connectivity index is 1.14. The molecule has 1 aliphatic carbocycles. The fraction of sp³-hybridized carbons (Fsp3) is 0.0408. The highest BCUT2D eigenvalue weighted by Gasteiger charge is 2.24. The Kier molecular flexibility index (Phi) is 6.92. The summed E-state index contributed by atoms with van der Waals surface area (Å²) in [6, 6.07) is 54.9. The van der Waals surface area contributed by atoms with Crippen LogP contribution in [0.1, 0.15) is 17.7 Å². The van der Waals surface area contributed by atoms with Crippen LogP contribution in [0, 0.1) is 0 Å². The molecule has 0 bridgehead atoms. The molecule has 254 valence electrons. The van der Waals surface area contributed by atoms with Crippen molar-refractivity contribution >= 4 is 49.7 Å².